The number of hydrogen-bond donors (Lipinski definition) is 1. The van der Waals surface area contributed by atoms with Gasteiger partial charge in [0.15, 0.2) is 11.5 Å². The number of ether oxygens (including phenoxy) is 2. The molecule has 6 nitrogen and oxygen atoms in total. The average molecular weight is 431 g/mol. The number of carbonyl (C=O) groups excluding carboxylic acids is 2. The van der Waals surface area contributed by atoms with E-state index < -0.39 is 6.04 Å². The highest BCUT2D eigenvalue weighted by Crippen LogP contribution is 2.27. The van der Waals surface area contributed by atoms with E-state index in [9.17, 15) is 14.0 Å². The van der Waals surface area contributed by atoms with Gasteiger partial charge in [0.1, 0.15) is 11.9 Å². The van der Waals surface area contributed by atoms with Crippen LogP contribution in [-0.2, 0) is 22.6 Å². The van der Waals surface area contributed by atoms with E-state index in [0.29, 0.717) is 24.5 Å². The Balaban J connectivity index is 2.01. The van der Waals surface area contributed by atoms with E-state index in [0.717, 1.165) is 11.1 Å². The fourth-order valence-corrected chi connectivity index (χ4v) is 3.18. The minimum Gasteiger partial charge on any atom is -0.493 e. The van der Waals surface area contributed by atoms with Crippen molar-refractivity contribution in [1.29, 1.82) is 0 Å². The summed E-state index contributed by atoms with van der Waals surface area (Å²) < 4.78 is 23.8. The zero-order valence-corrected chi connectivity index (χ0v) is 18.8. The van der Waals surface area contributed by atoms with Crippen LogP contribution in [0.3, 0.4) is 0 Å². The number of methoxy groups -OCH3 is 2. The van der Waals surface area contributed by atoms with Crippen LogP contribution in [0.2, 0.25) is 0 Å². The van der Waals surface area contributed by atoms with Gasteiger partial charge in [0.2, 0.25) is 11.8 Å². The molecule has 0 unspecified atom stereocenters. The standard InChI is InChI=1S/C24H31FN2O4/c1-16(2)24(29)27(15-19-6-9-20(25)10-7-19)17(3)23(28)26-13-12-18-8-11-21(30-4)22(14-18)31-5/h6-11,14,16-17H,12-13,15H2,1-5H3,(H,26,28)/t17-/m0/s1. The summed E-state index contributed by atoms with van der Waals surface area (Å²) >= 11 is 0. The topological polar surface area (TPSA) is 67.9 Å². The summed E-state index contributed by atoms with van der Waals surface area (Å²) in [7, 11) is 3.15. The van der Waals surface area contributed by atoms with Gasteiger partial charge >= 0.3 is 0 Å². The lowest BCUT2D eigenvalue weighted by atomic mass is 10.1. The Morgan fingerprint density at radius 1 is 0.968 bits per heavy atom. The smallest absolute Gasteiger partial charge is 0.242 e. The molecular weight excluding hydrogens is 399 g/mol. The van der Waals surface area contributed by atoms with Gasteiger partial charge in [0.05, 0.1) is 14.2 Å². The van der Waals surface area contributed by atoms with Crippen LogP contribution in [0.25, 0.3) is 0 Å². The second kappa shape index (κ2) is 11.3. The number of amides is 2. The van der Waals surface area contributed by atoms with E-state index in [1.54, 1.807) is 47.1 Å². The Kier molecular flexibility index (Phi) is 8.85. The van der Waals surface area contributed by atoms with Gasteiger partial charge in [-0.2, -0.15) is 0 Å². The molecule has 2 amide bonds. The molecule has 0 saturated heterocycles. The fraction of sp³-hybridized carbons (Fsp3) is 0.417. The molecule has 1 N–H and O–H groups in total. The fourth-order valence-electron chi connectivity index (χ4n) is 3.18. The van der Waals surface area contributed by atoms with Gasteiger partial charge in [-0.3, -0.25) is 9.59 Å². The van der Waals surface area contributed by atoms with Crippen LogP contribution >= 0.6 is 0 Å². The Hall–Kier alpha value is -3.09. The van der Waals surface area contributed by atoms with Gasteiger partial charge in [-0.1, -0.05) is 32.0 Å². The van der Waals surface area contributed by atoms with E-state index in [2.05, 4.69) is 5.32 Å². The maximum Gasteiger partial charge on any atom is 0.242 e. The van der Waals surface area contributed by atoms with Crippen LogP contribution in [0.4, 0.5) is 4.39 Å². The molecule has 0 aliphatic heterocycles. The van der Waals surface area contributed by atoms with Gasteiger partial charge in [-0.15, -0.1) is 0 Å². The summed E-state index contributed by atoms with van der Waals surface area (Å²) in [5.74, 6) is 0.303. The normalized spacial score (nSPS) is 11.7. The summed E-state index contributed by atoms with van der Waals surface area (Å²) in [6.45, 7) is 5.94. The van der Waals surface area contributed by atoms with Gasteiger partial charge in [-0.05, 0) is 48.7 Å². The second-order valence-corrected chi connectivity index (χ2v) is 7.65. The number of halogens is 1. The van der Waals surface area contributed by atoms with E-state index in [4.69, 9.17) is 9.47 Å². The number of benzene rings is 2. The molecule has 2 aromatic rings. The van der Waals surface area contributed by atoms with Crippen LogP contribution in [0.5, 0.6) is 11.5 Å². The third kappa shape index (κ3) is 6.70. The summed E-state index contributed by atoms with van der Waals surface area (Å²) in [5, 5.41) is 2.90. The molecular formula is C24H31FN2O4. The van der Waals surface area contributed by atoms with Crippen molar-refractivity contribution in [3.63, 3.8) is 0 Å². The van der Waals surface area contributed by atoms with Crippen LogP contribution in [-0.4, -0.2) is 43.5 Å². The Labute approximate surface area is 183 Å². The molecule has 2 rings (SSSR count). The first kappa shape index (κ1) is 24.2. The molecule has 0 spiro atoms. The highest BCUT2D eigenvalue weighted by atomic mass is 19.1. The molecule has 0 heterocycles. The molecule has 0 saturated carbocycles. The molecule has 0 aliphatic carbocycles. The number of hydrogen-bond acceptors (Lipinski definition) is 4. The first-order valence-corrected chi connectivity index (χ1v) is 10.3. The van der Waals surface area contributed by atoms with Gasteiger partial charge in [-0.25, -0.2) is 4.39 Å². The summed E-state index contributed by atoms with van der Waals surface area (Å²) in [6, 6.07) is 10.9. The summed E-state index contributed by atoms with van der Waals surface area (Å²) in [4.78, 5) is 27.0. The van der Waals surface area contributed by atoms with Crippen molar-refractivity contribution in [2.24, 2.45) is 5.92 Å². The number of rotatable bonds is 10. The monoisotopic (exact) mass is 430 g/mol. The third-order valence-corrected chi connectivity index (χ3v) is 5.05. The van der Waals surface area contributed by atoms with E-state index in [-0.39, 0.29) is 30.1 Å². The Morgan fingerprint density at radius 3 is 2.16 bits per heavy atom. The van der Waals surface area contributed by atoms with Crippen LogP contribution in [0, 0.1) is 11.7 Å². The van der Waals surface area contributed by atoms with Crippen LogP contribution < -0.4 is 14.8 Å². The van der Waals surface area contributed by atoms with Crippen molar-refractivity contribution < 1.29 is 23.5 Å². The van der Waals surface area contributed by atoms with Crippen molar-refractivity contribution in [2.75, 3.05) is 20.8 Å². The minimum atomic E-state index is -0.662. The second-order valence-electron chi connectivity index (χ2n) is 7.65. The SMILES string of the molecule is COc1ccc(CCNC(=O)[C@H](C)N(Cc2ccc(F)cc2)C(=O)C(C)C)cc1OC. The largest absolute Gasteiger partial charge is 0.493 e. The first-order chi connectivity index (χ1) is 14.8. The molecule has 1 atom stereocenters. The third-order valence-electron chi connectivity index (χ3n) is 5.05. The summed E-state index contributed by atoms with van der Waals surface area (Å²) in [5.41, 5.74) is 1.76. The van der Waals surface area contributed by atoms with Gasteiger partial charge in [0.25, 0.3) is 0 Å². The highest BCUT2D eigenvalue weighted by molar-refractivity contribution is 5.88. The molecule has 31 heavy (non-hydrogen) atoms. The average Bonchev–Trinajstić information content (AvgIpc) is 2.77. The summed E-state index contributed by atoms with van der Waals surface area (Å²) in [6.07, 6.45) is 0.606. The zero-order chi connectivity index (χ0) is 23.0. The molecule has 2 aromatic carbocycles. The van der Waals surface area contributed by atoms with Crippen molar-refractivity contribution in [2.45, 2.75) is 39.8 Å². The molecule has 168 valence electrons. The van der Waals surface area contributed by atoms with Crippen molar-refractivity contribution >= 4 is 11.8 Å². The van der Waals surface area contributed by atoms with Crippen LogP contribution in [0.15, 0.2) is 42.5 Å². The minimum absolute atomic E-state index is 0.133. The molecule has 0 aromatic heterocycles. The first-order valence-electron chi connectivity index (χ1n) is 10.3. The van der Waals surface area contributed by atoms with Crippen molar-refractivity contribution in [1.82, 2.24) is 10.2 Å². The molecule has 0 radical (unpaired) electrons. The maximum absolute atomic E-state index is 13.2. The predicted molar refractivity (Wildman–Crippen MR) is 118 cm³/mol. The quantitative estimate of drug-likeness (QED) is 0.626. The van der Waals surface area contributed by atoms with Crippen molar-refractivity contribution in [3.05, 3.63) is 59.4 Å². The highest BCUT2D eigenvalue weighted by Gasteiger charge is 2.27. The predicted octanol–water partition coefficient (Wildman–Crippen LogP) is 3.57. The Morgan fingerprint density at radius 2 is 1.58 bits per heavy atom. The van der Waals surface area contributed by atoms with Crippen molar-refractivity contribution in [3.8, 4) is 11.5 Å². The number of nitrogens with one attached hydrogen (secondary N) is 1. The molecule has 0 bridgehead atoms. The lowest BCUT2D eigenvalue weighted by Gasteiger charge is -2.30. The molecule has 7 heteroatoms. The molecule has 0 fully saturated rings. The van der Waals surface area contributed by atoms with E-state index in [1.165, 1.54) is 17.0 Å². The number of nitrogens with zero attached hydrogens (tertiary/aromatic N) is 1. The van der Waals surface area contributed by atoms with Crippen LogP contribution in [0.1, 0.15) is 31.9 Å². The Bertz CT molecular complexity index is 884. The van der Waals surface area contributed by atoms with Gasteiger partial charge < -0.3 is 19.7 Å². The lowest BCUT2D eigenvalue weighted by Crippen LogP contribution is -2.49. The maximum atomic E-state index is 13.2. The van der Waals surface area contributed by atoms with E-state index >= 15 is 0 Å². The number of carbonyl (C=O) groups is 2. The zero-order valence-electron chi connectivity index (χ0n) is 18.8. The van der Waals surface area contributed by atoms with E-state index in [1.807, 2.05) is 18.2 Å². The molecule has 0 aliphatic rings. The lowest BCUT2D eigenvalue weighted by molar-refractivity contribution is -0.143. The van der Waals surface area contributed by atoms with Gasteiger partial charge in [0, 0.05) is 19.0 Å².